The van der Waals surface area contributed by atoms with Crippen LogP contribution in [0.5, 0.6) is 0 Å². The van der Waals surface area contributed by atoms with E-state index in [-0.39, 0.29) is 18.4 Å². The lowest BCUT2D eigenvalue weighted by molar-refractivity contribution is -0.153. The Morgan fingerprint density at radius 2 is 1.89 bits per heavy atom. The van der Waals surface area contributed by atoms with Crippen molar-refractivity contribution in [3.8, 4) is 0 Å². The second kappa shape index (κ2) is 6.86. The van der Waals surface area contributed by atoms with Crippen molar-refractivity contribution < 1.29 is 19.1 Å². The van der Waals surface area contributed by atoms with Crippen molar-refractivity contribution in [1.82, 2.24) is 10.2 Å². The van der Waals surface area contributed by atoms with Gasteiger partial charge in [0.1, 0.15) is 5.60 Å². The molecule has 1 atom stereocenters. The molecule has 1 N–H and O–H groups in total. The molecule has 0 aliphatic carbocycles. The highest BCUT2D eigenvalue weighted by Gasteiger charge is 2.23. The summed E-state index contributed by atoms with van der Waals surface area (Å²) in [5, 5.41) is 2.90. The molecule has 1 aliphatic heterocycles. The minimum absolute atomic E-state index is 0.00754. The van der Waals surface area contributed by atoms with Crippen molar-refractivity contribution in [3.63, 3.8) is 0 Å². The van der Waals surface area contributed by atoms with Crippen LogP contribution >= 0.6 is 0 Å². The van der Waals surface area contributed by atoms with E-state index in [0.717, 1.165) is 0 Å². The lowest BCUT2D eigenvalue weighted by Crippen LogP contribution is -2.50. The number of hydrogen-bond donors (Lipinski definition) is 1. The Kier molecular flexibility index (Phi) is 5.75. The third kappa shape index (κ3) is 6.02. The molecule has 0 unspecified atom stereocenters. The van der Waals surface area contributed by atoms with Gasteiger partial charge in [0.2, 0.25) is 5.91 Å². The molecule has 0 saturated carbocycles. The van der Waals surface area contributed by atoms with E-state index in [0.29, 0.717) is 26.3 Å². The van der Waals surface area contributed by atoms with Gasteiger partial charge < -0.3 is 14.4 Å². The van der Waals surface area contributed by atoms with Gasteiger partial charge in [0, 0.05) is 13.1 Å². The average molecular weight is 272 g/mol. The number of carbonyl (C=O) groups is 2. The zero-order chi connectivity index (χ0) is 14.5. The maximum Gasteiger partial charge on any atom is 0.320 e. The van der Waals surface area contributed by atoms with E-state index < -0.39 is 11.6 Å². The molecule has 110 valence electrons. The Bertz CT molecular complexity index is 319. The molecular formula is C13H24N2O4. The lowest BCUT2D eigenvalue weighted by Gasteiger charge is -2.29. The Labute approximate surface area is 114 Å². The number of nitrogens with one attached hydrogen (secondary N) is 1. The van der Waals surface area contributed by atoms with Gasteiger partial charge in [-0.25, -0.2) is 0 Å². The standard InChI is InChI=1S/C13H24N2O4/c1-10(12(17)15-5-7-18-8-6-15)14-9-11(16)19-13(2,3)4/h10,14H,5-9H2,1-4H3/t10-/m0/s1. The van der Waals surface area contributed by atoms with Crippen LogP contribution in [-0.2, 0) is 19.1 Å². The molecule has 1 fully saturated rings. The smallest absolute Gasteiger partial charge is 0.320 e. The fourth-order valence-electron chi connectivity index (χ4n) is 1.76. The van der Waals surface area contributed by atoms with Crippen LogP contribution < -0.4 is 5.32 Å². The highest BCUT2D eigenvalue weighted by Crippen LogP contribution is 2.06. The summed E-state index contributed by atoms with van der Waals surface area (Å²) in [7, 11) is 0. The van der Waals surface area contributed by atoms with Crippen molar-refractivity contribution in [2.75, 3.05) is 32.8 Å². The first-order valence-electron chi connectivity index (χ1n) is 6.61. The predicted molar refractivity (Wildman–Crippen MR) is 70.7 cm³/mol. The van der Waals surface area contributed by atoms with Crippen LogP contribution in [-0.4, -0.2) is 61.3 Å². The molecule has 19 heavy (non-hydrogen) atoms. The van der Waals surface area contributed by atoms with Crippen LogP contribution in [0.2, 0.25) is 0 Å². The topological polar surface area (TPSA) is 67.9 Å². The number of carbonyl (C=O) groups excluding carboxylic acids is 2. The minimum atomic E-state index is -0.504. The molecule has 1 saturated heterocycles. The van der Waals surface area contributed by atoms with Gasteiger partial charge in [-0.1, -0.05) is 0 Å². The van der Waals surface area contributed by atoms with Gasteiger partial charge >= 0.3 is 5.97 Å². The second-order valence-corrected chi connectivity index (χ2v) is 5.63. The third-order valence-electron chi connectivity index (χ3n) is 2.67. The normalized spacial score (nSPS) is 18.0. The number of rotatable bonds is 4. The summed E-state index contributed by atoms with van der Waals surface area (Å²) in [6, 6.07) is -0.398. The third-order valence-corrected chi connectivity index (χ3v) is 2.67. The molecule has 6 nitrogen and oxygen atoms in total. The maximum absolute atomic E-state index is 12.1. The molecule has 1 amide bonds. The molecule has 0 bridgehead atoms. The van der Waals surface area contributed by atoms with E-state index in [1.54, 1.807) is 11.8 Å². The largest absolute Gasteiger partial charge is 0.459 e. The molecule has 0 spiro atoms. The summed E-state index contributed by atoms with van der Waals surface area (Å²) < 4.78 is 10.4. The van der Waals surface area contributed by atoms with Gasteiger partial charge in [-0.3, -0.25) is 14.9 Å². The average Bonchev–Trinajstić information content (AvgIpc) is 2.34. The van der Waals surface area contributed by atoms with Crippen molar-refractivity contribution in [2.24, 2.45) is 0 Å². The number of esters is 1. The zero-order valence-corrected chi connectivity index (χ0v) is 12.2. The summed E-state index contributed by atoms with van der Waals surface area (Å²) in [5.74, 6) is -0.360. The van der Waals surface area contributed by atoms with E-state index in [9.17, 15) is 9.59 Å². The summed E-state index contributed by atoms with van der Waals surface area (Å²) in [6.07, 6.45) is 0. The van der Waals surface area contributed by atoms with E-state index in [4.69, 9.17) is 9.47 Å². The summed E-state index contributed by atoms with van der Waals surface area (Å²) >= 11 is 0. The first-order valence-corrected chi connectivity index (χ1v) is 6.61. The maximum atomic E-state index is 12.1. The number of ether oxygens (including phenoxy) is 2. The van der Waals surface area contributed by atoms with Crippen LogP contribution in [0.4, 0.5) is 0 Å². The van der Waals surface area contributed by atoms with Crippen LogP contribution in [0, 0.1) is 0 Å². The van der Waals surface area contributed by atoms with Crippen LogP contribution in [0.1, 0.15) is 27.7 Å². The monoisotopic (exact) mass is 272 g/mol. The zero-order valence-electron chi connectivity index (χ0n) is 12.2. The Hall–Kier alpha value is -1.14. The van der Waals surface area contributed by atoms with E-state index >= 15 is 0 Å². The van der Waals surface area contributed by atoms with Gasteiger partial charge in [0.15, 0.2) is 0 Å². The molecule has 6 heteroatoms. The molecular weight excluding hydrogens is 248 g/mol. The van der Waals surface area contributed by atoms with Crippen LogP contribution in [0.3, 0.4) is 0 Å². The van der Waals surface area contributed by atoms with Gasteiger partial charge in [-0.2, -0.15) is 0 Å². The lowest BCUT2D eigenvalue weighted by atomic mass is 10.2. The number of nitrogens with zero attached hydrogens (tertiary/aromatic N) is 1. The molecule has 1 heterocycles. The fourth-order valence-corrected chi connectivity index (χ4v) is 1.76. The Morgan fingerprint density at radius 3 is 2.42 bits per heavy atom. The van der Waals surface area contributed by atoms with E-state index in [2.05, 4.69) is 5.32 Å². The predicted octanol–water partition coefficient (Wildman–Crippen LogP) is 0.165. The molecule has 0 radical (unpaired) electrons. The first-order chi connectivity index (χ1) is 8.79. The fraction of sp³-hybridized carbons (Fsp3) is 0.846. The van der Waals surface area contributed by atoms with E-state index in [1.807, 2.05) is 20.8 Å². The van der Waals surface area contributed by atoms with Crippen molar-refractivity contribution >= 4 is 11.9 Å². The molecule has 1 aliphatic rings. The van der Waals surface area contributed by atoms with E-state index in [1.165, 1.54) is 0 Å². The molecule has 0 aromatic heterocycles. The quantitative estimate of drug-likeness (QED) is 0.739. The van der Waals surface area contributed by atoms with Gasteiger partial charge in [0.25, 0.3) is 0 Å². The SMILES string of the molecule is C[C@H](NCC(=O)OC(C)(C)C)C(=O)N1CCOCC1. The molecule has 1 rings (SSSR count). The van der Waals surface area contributed by atoms with Gasteiger partial charge in [0.05, 0.1) is 25.8 Å². The van der Waals surface area contributed by atoms with Crippen LogP contribution in [0.25, 0.3) is 0 Å². The van der Waals surface area contributed by atoms with Crippen molar-refractivity contribution in [1.29, 1.82) is 0 Å². The molecule has 0 aromatic carbocycles. The second-order valence-electron chi connectivity index (χ2n) is 5.63. The summed E-state index contributed by atoms with van der Waals surface area (Å²) in [6.45, 7) is 9.59. The Morgan fingerprint density at radius 1 is 1.32 bits per heavy atom. The highest BCUT2D eigenvalue weighted by molar-refractivity contribution is 5.82. The van der Waals surface area contributed by atoms with Gasteiger partial charge in [-0.05, 0) is 27.7 Å². The van der Waals surface area contributed by atoms with Gasteiger partial charge in [-0.15, -0.1) is 0 Å². The van der Waals surface area contributed by atoms with Crippen molar-refractivity contribution in [3.05, 3.63) is 0 Å². The summed E-state index contributed by atoms with van der Waals surface area (Å²) in [4.78, 5) is 25.3. The minimum Gasteiger partial charge on any atom is -0.459 e. The number of morpholine rings is 1. The van der Waals surface area contributed by atoms with Crippen LogP contribution in [0.15, 0.2) is 0 Å². The molecule has 0 aromatic rings. The van der Waals surface area contributed by atoms with Crippen molar-refractivity contribution in [2.45, 2.75) is 39.3 Å². The first kappa shape index (κ1) is 15.9. The highest BCUT2D eigenvalue weighted by atomic mass is 16.6. The number of hydrogen-bond acceptors (Lipinski definition) is 5. The number of amides is 1. The Balaban J connectivity index is 2.31. The summed E-state index contributed by atoms with van der Waals surface area (Å²) in [5.41, 5.74) is -0.504.